The maximum absolute atomic E-state index is 6.50. The predicted molar refractivity (Wildman–Crippen MR) is 44.2 cm³/mol. The monoisotopic (exact) mass is 222 g/mol. The van der Waals surface area contributed by atoms with Gasteiger partial charge in [0.1, 0.15) is 0 Å². The van der Waals surface area contributed by atoms with Crippen LogP contribution in [0.4, 0.5) is 0 Å². The van der Waals surface area contributed by atoms with Gasteiger partial charge in [-0.2, -0.15) is 0 Å². The van der Waals surface area contributed by atoms with Crippen molar-refractivity contribution < 1.29 is 19.9 Å². The zero-order valence-electron chi connectivity index (χ0n) is 6.50. The number of nitrogens with zero attached hydrogens (tertiary/aromatic N) is 6. The van der Waals surface area contributed by atoms with Crippen LogP contribution in [0.2, 0.25) is 0 Å². The summed E-state index contributed by atoms with van der Waals surface area (Å²) in [5.41, 5.74) is 0. The van der Waals surface area contributed by atoms with Crippen molar-refractivity contribution in [2.75, 3.05) is 0 Å². The average Bonchev–Trinajstić information content (AvgIpc) is 2.33. The van der Waals surface area contributed by atoms with Crippen LogP contribution >= 0.6 is 0 Å². The topological polar surface area (TPSA) is 143 Å². The van der Waals surface area contributed by atoms with Crippen LogP contribution < -0.4 is 0 Å². The van der Waals surface area contributed by atoms with Gasteiger partial charge in [-0.15, -0.1) is 0 Å². The molecule has 0 aliphatic heterocycles. The number of hydrogen-bond acceptors (Lipinski definition) is 6. The molecule has 0 bridgehead atoms. The molecule has 6 nitrogen and oxygen atoms in total. The van der Waals surface area contributed by atoms with E-state index in [1.807, 2.05) is 0 Å². The molecule has 0 rings (SSSR count). The van der Waals surface area contributed by atoms with Crippen LogP contribution in [-0.2, 0) is 17.1 Å². The van der Waals surface area contributed by atoms with E-state index in [1.165, 1.54) is 0 Å². The number of nitriles is 6. The van der Waals surface area contributed by atoms with Gasteiger partial charge in [-0.25, -0.2) is 31.6 Å². The van der Waals surface area contributed by atoms with E-state index in [0.29, 0.717) is 0 Å². The van der Waals surface area contributed by atoms with Crippen LogP contribution in [0, 0.1) is 71.0 Å². The van der Waals surface area contributed by atoms with Gasteiger partial charge < -0.3 is 0 Å². The van der Waals surface area contributed by atoms with E-state index < -0.39 is 0 Å². The quantitative estimate of drug-likeness (QED) is 0.565. The van der Waals surface area contributed by atoms with Crippen molar-refractivity contribution >= 4 is 0 Å². The van der Waals surface area contributed by atoms with Gasteiger partial charge in [-0.3, -0.25) is 0 Å². The Labute approximate surface area is 91.5 Å². The van der Waals surface area contributed by atoms with Gasteiger partial charge in [-0.05, 0) is 0 Å². The molecule has 0 aromatic heterocycles. The summed E-state index contributed by atoms with van der Waals surface area (Å²) in [6, 6.07) is 0. The minimum atomic E-state index is 0. The molecule has 0 heterocycles. The molecule has 0 aliphatic carbocycles. The van der Waals surface area contributed by atoms with Gasteiger partial charge in [0.2, 0.25) is 0 Å². The first kappa shape index (κ1) is 78.2. The summed E-state index contributed by atoms with van der Waals surface area (Å²) in [7, 11) is 0. The molecule has 0 N–H and O–H groups in total. The third-order valence-corrected chi connectivity index (χ3v) is 0. The molecule has 0 unspecified atom stereocenters. The van der Waals surface area contributed by atoms with Crippen LogP contribution in [-0.4, -0.2) is 0 Å². The average molecular weight is 222 g/mol. The summed E-state index contributed by atoms with van der Waals surface area (Å²) in [5, 5.41) is 39.0. The normalized spacial score (nSPS) is 0.923. The molecule has 0 aliphatic rings. The first-order valence-corrected chi connectivity index (χ1v) is 1.55. The molecular weight excluding hydrogens is 212 g/mol. The Hall–Kier alpha value is -2.54. The Kier molecular flexibility index (Phi) is 631. The van der Waals surface area contributed by atoms with Gasteiger partial charge >= 0.3 is 0 Å². The van der Waals surface area contributed by atoms with Crippen molar-refractivity contribution in [1.29, 1.82) is 31.6 Å². The molecule has 0 amide bonds. The van der Waals surface area contributed by atoms with Crippen molar-refractivity contribution in [1.82, 2.24) is 0 Å². The molecule has 0 aromatic rings. The fourth-order valence-corrected chi connectivity index (χ4v) is 0. The van der Waals surface area contributed by atoms with E-state index in [-0.39, 0.29) is 19.9 Å². The van der Waals surface area contributed by atoms with Gasteiger partial charge in [-0.1, -0.05) is 0 Å². The summed E-state index contributed by atoms with van der Waals surface area (Å²) in [4.78, 5) is 0. The van der Waals surface area contributed by atoms with Crippen LogP contribution in [0.25, 0.3) is 0 Å². The van der Waals surface area contributed by atoms with Crippen molar-refractivity contribution in [3.8, 4) is 39.4 Å². The molecule has 7 heteroatoms. The van der Waals surface area contributed by atoms with E-state index in [0.717, 1.165) is 0 Å². The fourth-order valence-electron chi connectivity index (χ4n) is 0. The van der Waals surface area contributed by atoms with Crippen LogP contribution in [0.3, 0.4) is 0 Å². The summed E-state index contributed by atoms with van der Waals surface area (Å²) >= 11 is 0. The second-order valence-electron chi connectivity index (χ2n) is 0. The van der Waals surface area contributed by atoms with Crippen LogP contribution in [0.5, 0.6) is 0 Å². The second kappa shape index (κ2) is 105. The largest absolute Gasteiger partial charge is 0.202 e. The van der Waals surface area contributed by atoms with Crippen molar-refractivity contribution in [2.45, 2.75) is 0 Å². The Morgan fingerprint density at radius 3 is 0.385 bits per heavy atom. The maximum atomic E-state index is 6.50. The van der Waals surface area contributed by atoms with Crippen LogP contribution in [0.1, 0.15) is 2.85 Å². The summed E-state index contributed by atoms with van der Waals surface area (Å²) in [6.07, 6.45) is 0. The second-order valence-corrected chi connectivity index (χ2v) is 0. The molecular formula is C6H10FeN6. The summed E-state index contributed by atoms with van der Waals surface area (Å²) < 4.78 is 0. The van der Waals surface area contributed by atoms with E-state index in [1.54, 1.807) is 0 Å². The van der Waals surface area contributed by atoms with E-state index in [2.05, 4.69) is 39.4 Å². The first-order valence-electron chi connectivity index (χ1n) is 1.55. The SMILES string of the molecule is C#N.C#N.C#N.C#N.C#N.C#N.[Fe].[HH].[HH]. The van der Waals surface area contributed by atoms with Gasteiger partial charge in [0, 0.05) is 59.4 Å². The zero-order valence-corrected chi connectivity index (χ0v) is 7.61. The van der Waals surface area contributed by atoms with Crippen LogP contribution in [0.15, 0.2) is 0 Å². The Balaban J connectivity index is -0.00000000396. The molecule has 0 saturated heterocycles. The molecule has 0 atom stereocenters. The molecule has 0 spiro atoms. The minimum absolute atomic E-state index is 0. The van der Waals surface area contributed by atoms with Crippen molar-refractivity contribution in [2.24, 2.45) is 0 Å². The number of hydrogen-bond donors (Lipinski definition) is 0. The first-order chi connectivity index (χ1) is 6.00. The molecule has 0 saturated carbocycles. The van der Waals surface area contributed by atoms with E-state index >= 15 is 0 Å². The maximum Gasteiger partial charge on any atom is 0.0462 e. The summed E-state index contributed by atoms with van der Waals surface area (Å²) in [6.45, 7) is 21.0. The minimum Gasteiger partial charge on any atom is -0.202 e. The summed E-state index contributed by atoms with van der Waals surface area (Å²) in [5.74, 6) is 0. The molecule has 13 heavy (non-hydrogen) atoms. The molecule has 0 fully saturated rings. The fraction of sp³-hybridized carbons (Fsp3) is 0. The van der Waals surface area contributed by atoms with E-state index in [9.17, 15) is 0 Å². The van der Waals surface area contributed by atoms with Crippen molar-refractivity contribution in [3.63, 3.8) is 0 Å². The molecule has 72 valence electrons. The predicted octanol–water partition coefficient (Wildman–Crippen LogP) is 1.33. The Morgan fingerprint density at radius 1 is 0.385 bits per heavy atom. The van der Waals surface area contributed by atoms with Crippen molar-refractivity contribution in [3.05, 3.63) is 0 Å². The smallest absolute Gasteiger partial charge is 0.0462 e. The third kappa shape index (κ3) is 81.6. The van der Waals surface area contributed by atoms with Gasteiger partial charge in [0.05, 0.1) is 0 Å². The third-order valence-electron chi connectivity index (χ3n) is 0. The van der Waals surface area contributed by atoms with Gasteiger partial charge in [0.15, 0.2) is 0 Å². The van der Waals surface area contributed by atoms with Gasteiger partial charge in [0.25, 0.3) is 0 Å². The number of rotatable bonds is 0. The standard InChI is InChI=1S/6CHN.Fe.2H2/c6*1-2;;;/h6*1H;;2*1H. The Bertz CT molecular complexity index is 101. The Morgan fingerprint density at radius 2 is 0.385 bits per heavy atom. The molecule has 0 radical (unpaired) electrons. The van der Waals surface area contributed by atoms with E-state index in [4.69, 9.17) is 31.6 Å². The zero-order chi connectivity index (χ0) is 12.0. The molecule has 0 aromatic carbocycles.